The molecule has 0 saturated carbocycles. The fourth-order valence-electron chi connectivity index (χ4n) is 1.74. The van der Waals surface area contributed by atoms with Crippen molar-refractivity contribution >= 4 is 11.6 Å². The number of hydrogen-bond acceptors (Lipinski definition) is 2. The first kappa shape index (κ1) is 15.3. The van der Waals surface area contributed by atoms with Gasteiger partial charge in [0.25, 0.3) is 0 Å². The lowest BCUT2D eigenvalue weighted by Gasteiger charge is -2.12. The van der Waals surface area contributed by atoms with Crippen molar-refractivity contribution in [3.05, 3.63) is 28.8 Å². The molecule has 0 heterocycles. The minimum absolute atomic E-state index is 0.153. The van der Waals surface area contributed by atoms with Crippen LogP contribution in [0.25, 0.3) is 0 Å². The summed E-state index contributed by atoms with van der Waals surface area (Å²) < 4.78 is 5.61. The summed E-state index contributed by atoms with van der Waals surface area (Å²) in [6.07, 6.45) is 3.93. The molecule has 1 rings (SSSR count). The van der Waals surface area contributed by atoms with Gasteiger partial charge in [0.1, 0.15) is 5.75 Å². The summed E-state index contributed by atoms with van der Waals surface area (Å²) in [5, 5.41) is 4.12. The fraction of sp³-hybridized carbons (Fsp3) is 0.600. The van der Waals surface area contributed by atoms with Crippen molar-refractivity contribution in [3.63, 3.8) is 0 Å². The van der Waals surface area contributed by atoms with Gasteiger partial charge in [0, 0.05) is 6.54 Å². The molecule has 0 amide bonds. The van der Waals surface area contributed by atoms with E-state index in [2.05, 4.69) is 18.3 Å². The smallest absolute Gasteiger partial charge is 0.138 e. The van der Waals surface area contributed by atoms with Crippen LogP contribution in [-0.4, -0.2) is 12.6 Å². The standard InChI is InChI=1S/C15H24ClNO/c1-4-5-6-9-17-11-13-7-8-15(14(16)10-13)18-12(2)3/h7-8,10,12,17H,4-6,9,11H2,1-3H3. The van der Waals surface area contributed by atoms with Crippen LogP contribution in [0, 0.1) is 0 Å². The predicted molar refractivity (Wildman–Crippen MR) is 78.4 cm³/mol. The molecule has 0 saturated heterocycles. The largest absolute Gasteiger partial charge is 0.489 e. The second-order valence-corrected chi connectivity index (χ2v) is 5.22. The summed E-state index contributed by atoms with van der Waals surface area (Å²) in [6.45, 7) is 8.15. The fourth-order valence-corrected chi connectivity index (χ4v) is 1.98. The molecule has 0 aliphatic heterocycles. The zero-order valence-corrected chi connectivity index (χ0v) is 12.4. The lowest BCUT2D eigenvalue weighted by atomic mass is 10.2. The Balaban J connectivity index is 2.41. The third-order valence-corrected chi connectivity index (χ3v) is 2.94. The van der Waals surface area contributed by atoms with Gasteiger partial charge in [0.15, 0.2) is 0 Å². The van der Waals surface area contributed by atoms with Crippen LogP contribution in [0.2, 0.25) is 5.02 Å². The van der Waals surface area contributed by atoms with Crippen LogP contribution in [0.1, 0.15) is 45.6 Å². The zero-order valence-electron chi connectivity index (χ0n) is 11.6. The van der Waals surface area contributed by atoms with E-state index in [1.165, 1.54) is 24.8 Å². The number of ether oxygens (including phenoxy) is 1. The number of benzene rings is 1. The molecule has 1 N–H and O–H groups in total. The van der Waals surface area contributed by atoms with Crippen LogP contribution >= 0.6 is 11.6 Å². The summed E-state index contributed by atoms with van der Waals surface area (Å²) in [4.78, 5) is 0. The van der Waals surface area contributed by atoms with Crippen LogP contribution in [0.4, 0.5) is 0 Å². The minimum atomic E-state index is 0.153. The average molecular weight is 270 g/mol. The van der Waals surface area contributed by atoms with E-state index in [1.54, 1.807) is 0 Å². The van der Waals surface area contributed by atoms with Crippen LogP contribution in [0.5, 0.6) is 5.75 Å². The average Bonchev–Trinajstić information content (AvgIpc) is 2.32. The highest BCUT2D eigenvalue weighted by molar-refractivity contribution is 6.32. The summed E-state index contributed by atoms with van der Waals surface area (Å²) in [7, 11) is 0. The van der Waals surface area contributed by atoms with Crippen LogP contribution in [0.3, 0.4) is 0 Å². The van der Waals surface area contributed by atoms with E-state index in [4.69, 9.17) is 16.3 Å². The Kier molecular flexibility index (Phi) is 7.14. The molecule has 2 nitrogen and oxygen atoms in total. The van der Waals surface area contributed by atoms with Gasteiger partial charge < -0.3 is 10.1 Å². The first-order valence-corrected chi connectivity index (χ1v) is 7.17. The summed E-state index contributed by atoms with van der Waals surface area (Å²) in [5.41, 5.74) is 1.20. The third-order valence-electron chi connectivity index (χ3n) is 2.65. The molecule has 0 fully saturated rings. The number of unbranched alkanes of at least 4 members (excludes halogenated alkanes) is 2. The van der Waals surface area contributed by atoms with Gasteiger partial charge in [0.2, 0.25) is 0 Å². The van der Waals surface area contributed by atoms with Crippen LogP contribution in [0.15, 0.2) is 18.2 Å². The maximum atomic E-state index is 6.18. The maximum absolute atomic E-state index is 6.18. The van der Waals surface area contributed by atoms with Gasteiger partial charge >= 0.3 is 0 Å². The van der Waals surface area contributed by atoms with Crippen molar-refractivity contribution in [2.75, 3.05) is 6.54 Å². The molecule has 0 aliphatic rings. The Hall–Kier alpha value is -0.730. The van der Waals surface area contributed by atoms with Crippen molar-refractivity contribution in [1.29, 1.82) is 0 Å². The van der Waals surface area contributed by atoms with Crippen LogP contribution in [-0.2, 0) is 6.54 Å². The summed E-state index contributed by atoms with van der Waals surface area (Å²) in [5.74, 6) is 0.765. The van der Waals surface area contributed by atoms with Gasteiger partial charge in [-0.25, -0.2) is 0 Å². The molecule has 0 aliphatic carbocycles. The molecule has 18 heavy (non-hydrogen) atoms. The monoisotopic (exact) mass is 269 g/mol. The SMILES string of the molecule is CCCCCNCc1ccc(OC(C)C)c(Cl)c1. The van der Waals surface area contributed by atoms with Gasteiger partial charge in [-0.3, -0.25) is 0 Å². The molecule has 0 spiro atoms. The molecule has 1 aromatic carbocycles. The molecule has 3 heteroatoms. The van der Waals surface area contributed by atoms with Gasteiger partial charge in [-0.15, -0.1) is 0 Å². The third kappa shape index (κ3) is 5.74. The first-order valence-electron chi connectivity index (χ1n) is 6.79. The van der Waals surface area contributed by atoms with Gasteiger partial charge in [-0.1, -0.05) is 37.4 Å². The van der Waals surface area contributed by atoms with E-state index in [9.17, 15) is 0 Å². The van der Waals surface area contributed by atoms with Crippen molar-refractivity contribution < 1.29 is 4.74 Å². The van der Waals surface area contributed by atoms with Gasteiger partial charge in [0.05, 0.1) is 11.1 Å². The quantitative estimate of drug-likeness (QED) is 0.706. The Bertz CT molecular complexity index is 352. The number of rotatable bonds is 8. The predicted octanol–water partition coefficient (Wildman–Crippen LogP) is 4.41. The van der Waals surface area contributed by atoms with E-state index in [-0.39, 0.29) is 6.10 Å². The highest BCUT2D eigenvalue weighted by Crippen LogP contribution is 2.26. The number of halogens is 1. The van der Waals surface area contributed by atoms with Gasteiger partial charge in [-0.05, 0) is 44.5 Å². The number of hydrogen-bond donors (Lipinski definition) is 1. The normalized spacial score (nSPS) is 10.9. The van der Waals surface area contributed by atoms with Crippen molar-refractivity contribution in [2.24, 2.45) is 0 Å². The molecule has 102 valence electrons. The van der Waals surface area contributed by atoms with Gasteiger partial charge in [-0.2, -0.15) is 0 Å². The molecule has 0 unspecified atom stereocenters. The maximum Gasteiger partial charge on any atom is 0.138 e. The molecular formula is C15H24ClNO. The summed E-state index contributed by atoms with van der Waals surface area (Å²) in [6, 6.07) is 5.99. The highest BCUT2D eigenvalue weighted by Gasteiger charge is 2.04. The van der Waals surface area contributed by atoms with Crippen molar-refractivity contribution in [2.45, 2.75) is 52.7 Å². The summed E-state index contributed by atoms with van der Waals surface area (Å²) >= 11 is 6.18. The Morgan fingerprint density at radius 3 is 2.67 bits per heavy atom. The molecule has 0 aromatic heterocycles. The molecule has 0 atom stereocenters. The van der Waals surface area contributed by atoms with Crippen molar-refractivity contribution in [3.8, 4) is 5.75 Å². The number of nitrogens with one attached hydrogen (secondary N) is 1. The topological polar surface area (TPSA) is 21.3 Å². The molecule has 0 bridgehead atoms. The Morgan fingerprint density at radius 2 is 2.06 bits per heavy atom. The second kappa shape index (κ2) is 8.39. The van der Waals surface area contributed by atoms with E-state index < -0.39 is 0 Å². The van der Waals surface area contributed by atoms with E-state index in [1.807, 2.05) is 26.0 Å². The Morgan fingerprint density at radius 1 is 1.28 bits per heavy atom. The van der Waals surface area contributed by atoms with Crippen LogP contribution < -0.4 is 10.1 Å². The molecule has 1 aromatic rings. The van der Waals surface area contributed by atoms with E-state index in [0.717, 1.165) is 18.8 Å². The van der Waals surface area contributed by atoms with E-state index >= 15 is 0 Å². The second-order valence-electron chi connectivity index (χ2n) is 4.82. The zero-order chi connectivity index (χ0) is 13.4. The Labute approximate surface area is 116 Å². The highest BCUT2D eigenvalue weighted by atomic mass is 35.5. The minimum Gasteiger partial charge on any atom is -0.489 e. The first-order chi connectivity index (χ1) is 8.63. The lowest BCUT2D eigenvalue weighted by Crippen LogP contribution is -2.14. The molecule has 0 radical (unpaired) electrons. The molecular weight excluding hydrogens is 246 g/mol. The van der Waals surface area contributed by atoms with Crippen molar-refractivity contribution in [1.82, 2.24) is 5.32 Å². The lowest BCUT2D eigenvalue weighted by molar-refractivity contribution is 0.242. The van der Waals surface area contributed by atoms with E-state index in [0.29, 0.717) is 5.02 Å².